The Bertz CT molecular complexity index is 4050. The van der Waals surface area contributed by atoms with E-state index in [2.05, 4.69) is 78.9 Å². The Hall–Kier alpha value is -9.84. The molecule has 105 heavy (non-hydrogen) atoms. The average molecular weight is 1450 g/mol. The summed E-state index contributed by atoms with van der Waals surface area (Å²) in [7, 11) is 3.67. The largest absolute Gasteiger partial charge is 0.494 e. The number of anilines is 3. The molecule has 28 heteroatoms. The molecule has 3 saturated heterocycles. The van der Waals surface area contributed by atoms with E-state index in [9.17, 15) is 28.8 Å². The van der Waals surface area contributed by atoms with Gasteiger partial charge in [-0.1, -0.05) is 45.1 Å². The first kappa shape index (κ1) is 77.8. The Balaban J connectivity index is 0.601. The lowest BCUT2D eigenvalue weighted by atomic mass is 10.0. The molecule has 4 atom stereocenters. The van der Waals surface area contributed by atoms with Crippen LogP contribution in [0.15, 0.2) is 109 Å². The van der Waals surface area contributed by atoms with Crippen molar-refractivity contribution in [1.29, 1.82) is 0 Å². The average Bonchev–Trinajstić information content (AvgIpc) is 1.66. The van der Waals surface area contributed by atoms with E-state index in [1.54, 1.807) is 55.1 Å². The predicted octanol–water partition coefficient (Wildman–Crippen LogP) is 8.47. The standard InChI is InChI=1S/C77H101N13O15/c1-8-12-68(91)79-26-35-99-38-40-101-42-41-100-39-37-98-34-25-69(92)86-70(50(2)3)74(94)80-52(5)73(93)81-56-18-13-53(14-19-56)49-105-77(96)89-31-36-104-76(89)65-43-51(4)48-90(65)75(95)59-46-66(97-7)67(47-60(59)78)103-33-11-9-10-32-102-58-21-15-54(16-22-58)71-82-61-23-17-55(44-63(61)84-71)72-83-62-24-20-57(45-64(62)85-72)88-29-27-87(6)28-30-88/h13-24,44-47,50,52,65,70,76H,4,8-12,25-43,48-49,78H2,1-3,5-7H3,(H,79,91)(H,80,94)(H,81,93)(H,82,84)(H,83,85)(H,86,92)/t52-,65-,70-,76?/m0/s1. The number of aromatic nitrogens is 4. The fourth-order valence-electron chi connectivity index (χ4n) is 12.5. The third-order valence-electron chi connectivity index (χ3n) is 18.4. The Morgan fingerprint density at radius 3 is 2.00 bits per heavy atom. The van der Waals surface area contributed by atoms with Crippen LogP contribution in [-0.2, 0) is 54.2 Å². The van der Waals surface area contributed by atoms with Crippen molar-refractivity contribution in [3.05, 3.63) is 120 Å². The summed E-state index contributed by atoms with van der Waals surface area (Å²) in [6.45, 7) is 20.0. The molecule has 3 fully saturated rings. The normalized spacial score (nSPS) is 16.0. The number of imidazole rings is 2. The Morgan fingerprint density at radius 2 is 1.31 bits per heavy atom. The second-order valence-electron chi connectivity index (χ2n) is 26.7. The zero-order chi connectivity index (χ0) is 74.2. The van der Waals surface area contributed by atoms with Gasteiger partial charge in [-0.2, -0.15) is 0 Å². The summed E-state index contributed by atoms with van der Waals surface area (Å²) in [4.78, 5) is 104. The summed E-state index contributed by atoms with van der Waals surface area (Å²) in [5.74, 6) is 1.03. The number of likely N-dealkylation sites (N-methyl/N-ethyl adjacent to an activating group) is 1. The molecule has 3 aliphatic rings. The number of nitrogens with zero attached hydrogens (tertiary/aromatic N) is 6. The van der Waals surface area contributed by atoms with Gasteiger partial charge in [0, 0.05) is 86.4 Å². The number of ether oxygens (including phenoxy) is 9. The fourth-order valence-corrected chi connectivity index (χ4v) is 12.5. The van der Waals surface area contributed by atoms with Crippen LogP contribution < -0.4 is 46.1 Å². The van der Waals surface area contributed by atoms with E-state index in [4.69, 9.17) is 58.3 Å². The summed E-state index contributed by atoms with van der Waals surface area (Å²) in [5.41, 5.74) is 15.7. The second kappa shape index (κ2) is 38.8. The minimum absolute atomic E-state index is 0.0155. The number of carbonyl (C=O) groups excluding carboxylic acids is 6. The highest BCUT2D eigenvalue weighted by atomic mass is 16.6. The van der Waals surface area contributed by atoms with Crippen LogP contribution in [0.25, 0.3) is 44.8 Å². The van der Waals surface area contributed by atoms with Crippen LogP contribution in [0.3, 0.4) is 0 Å². The molecule has 564 valence electrons. The molecule has 6 amide bonds. The molecule has 10 rings (SSSR count). The number of aromatic amines is 2. The molecule has 0 saturated carbocycles. The number of piperazine rings is 1. The molecule has 0 bridgehead atoms. The highest BCUT2D eigenvalue weighted by molar-refractivity contribution is 6.01. The number of hydrogen-bond acceptors (Lipinski definition) is 20. The van der Waals surface area contributed by atoms with Crippen LogP contribution in [0.1, 0.15) is 88.6 Å². The molecule has 8 N–H and O–H groups in total. The van der Waals surface area contributed by atoms with Crippen LogP contribution in [0.4, 0.5) is 21.9 Å². The van der Waals surface area contributed by atoms with Crippen molar-refractivity contribution >= 4 is 74.8 Å². The number of carbonyl (C=O) groups is 6. The van der Waals surface area contributed by atoms with Crippen molar-refractivity contribution in [2.75, 3.05) is 149 Å². The highest BCUT2D eigenvalue weighted by Crippen LogP contribution is 2.37. The van der Waals surface area contributed by atoms with Crippen molar-refractivity contribution in [3.8, 4) is 40.0 Å². The molecule has 3 aliphatic heterocycles. The zero-order valence-electron chi connectivity index (χ0n) is 61.1. The quantitative estimate of drug-likeness (QED) is 0.0108. The van der Waals surface area contributed by atoms with Gasteiger partial charge in [0.1, 0.15) is 36.1 Å². The van der Waals surface area contributed by atoms with Crippen LogP contribution >= 0.6 is 0 Å². The number of likely N-dealkylation sites (tertiary alicyclic amines) is 1. The maximum atomic E-state index is 14.4. The second-order valence-corrected chi connectivity index (χ2v) is 26.7. The third-order valence-corrected chi connectivity index (χ3v) is 18.4. The van der Waals surface area contributed by atoms with Gasteiger partial charge in [0.05, 0.1) is 120 Å². The van der Waals surface area contributed by atoms with Crippen molar-refractivity contribution < 1.29 is 71.4 Å². The van der Waals surface area contributed by atoms with Gasteiger partial charge in [-0.25, -0.2) is 14.8 Å². The van der Waals surface area contributed by atoms with Gasteiger partial charge in [0.2, 0.25) is 23.6 Å². The van der Waals surface area contributed by atoms with Gasteiger partial charge in [-0.05, 0) is 136 Å². The molecular formula is C77H101N13O15. The van der Waals surface area contributed by atoms with E-state index in [1.165, 1.54) is 24.6 Å². The number of amides is 6. The monoisotopic (exact) mass is 1450 g/mol. The molecule has 2 aromatic heterocycles. The summed E-state index contributed by atoms with van der Waals surface area (Å²) >= 11 is 0. The van der Waals surface area contributed by atoms with Crippen LogP contribution in [0, 0.1) is 5.92 Å². The number of nitrogens with one attached hydrogen (secondary N) is 6. The number of benzene rings is 5. The van der Waals surface area contributed by atoms with Gasteiger partial charge >= 0.3 is 6.09 Å². The van der Waals surface area contributed by atoms with E-state index < -0.39 is 42.3 Å². The van der Waals surface area contributed by atoms with Crippen LogP contribution in [-0.4, -0.2) is 227 Å². The predicted molar refractivity (Wildman–Crippen MR) is 399 cm³/mol. The zero-order valence-corrected chi connectivity index (χ0v) is 61.1. The molecule has 28 nitrogen and oxygen atoms in total. The number of nitrogens with two attached hydrogens (primary N) is 1. The van der Waals surface area contributed by atoms with E-state index in [0.29, 0.717) is 95.0 Å². The molecule has 7 aromatic rings. The third kappa shape index (κ3) is 22.1. The minimum Gasteiger partial charge on any atom is -0.494 e. The van der Waals surface area contributed by atoms with Gasteiger partial charge < -0.3 is 94.3 Å². The minimum atomic E-state index is -0.959. The lowest BCUT2D eigenvalue weighted by molar-refractivity contribution is -0.132. The molecular weight excluding hydrogens is 1350 g/mol. The van der Waals surface area contributed by atoms with Gasteiger partial charge in [-0.15, -0.1) is 0 Å². The molecule has 0 spiro atoms. The van der Waals surface area contributed by atoms with Crippen molar-refractivity contribution in [3.63, 3.8) is 0 Å². The van der Waals surface area contributed by atoms with Crippen molar-refractivity contribution in [1.82, 2.24) is 50.6 Å². The van der Waals surface area contributed by atoms with Crippen molar-refractivity contribution in [2.45, 2.75) is 104 Å². The Kier molecular flexibility index (Phi) is 28.7. The van der Waals surface area contributed by atoms with Gasteiger partial charge in [0.15, 0.2) is 17.7 Å². The van der Waals surface area contributed by atoms with Crippen LogP contribution in [0.5, 0.6) is 17.2 Å². The fraction of sp³-hybridized carbons (Fsp3) is 0.481. The Morgan fingerprint density at radius 1 is 0.667 bits per heavy atom. The lowest BCUT2D eigenvalue weighted by Gasteiger charge is -2.34. The number of unbranched alkanes of at least 4 members (excludes halogenated alkanes) is 2. The number of nitrogen functional groups attached to an aromatic ring is 1. The highest BCUT2D eigenvalue weighted by Gasteiger charge is 2.45. The van der Waals surface area contributed by atoms with Gasteiger partial charge in [-0.3, -0.25) is 28.9 Å². The summed E-state index contributed by atoms with van der Waals surface area (Å²) < 4.78 is 51.8. The van der Waals surface area contributed by atoms with Gasteiger partial charge in [0.25, 0.3) is 5.91 Å². The SMILES string of the molecule is C=C1C[C@@H](C2OCCN2C(=O)OCc2ccc(NC(=O)[C@H](C)NC(=O)[C@@H](NC(=O)CCOCCOCCOCCOCCNC(=O)CCC)C(C)C)cc2)N(C(=O)c2cc(OC)c(OCCCCCOc3ccc(-c4nc5ccc(-c6nc7ccc(N8CCN(C)CC8)cc7[nH]6)cc5[nH]4)cc3)cc2N)C1. The molecule has 1 unspecified atom stereocenters. The lowest BCUT2D eigenvalue weighted by Crippen LogP contribution is -2.53. The molecule has 5 aromatic carbocycles. The number of rotatable bonds is 39. The van der Waals surface area contributed by atoms with E-state index in [-0.39, 0.29) is 80.8 Å². The maximum Gasteiger partial charge on any atom is 0.412 e. The number of hydrogen-bond donors (Lipinski definition) is 7. The Labute approximate surface area is 612 Å². The first-order valence-electron chi connectivity index (χ1n) is 36.3. The van der Waals surface area contributed by atoms with E-state index >= 15 is 0 Å². The van der Waals surface area contributed by atoms with Crippen LogP contribution in [0.2, 0.25) is 0 Å². The van der Waals surface area contributed by atoms with E-state index in [1.807, 2.05) is 43.3 Å². The first-order chi connectivity index (χ1) is 50.9. The number of methoxy groups -OCH3 is 1. The molecule has 0 radical (unpaired) electrons. The number of fused-ring (bicyclic) bond motifs is 2. The van der Waals surface area contributed by atoms with Crippen molar-refractivity contribution in [2.24, 2.45) is 5.92 Å². The molecule has 5 heterocycles. The maximum absolute atomic E-state index is 14.4. The summed E-state index contributed by atoms with van der Waals surface area (Å²) in [6, 6.07) is 27.9. The smallest absolute Gasteiger partial charge is 0.412 e. The number of H-pyrrole nitrogens is 2. The molecule has 0 aliphatic carbocycles. The summed E-state index contributed by atoms with van der Waals surface area (Å²) in [6.07, 6.45) is 2.60. The van der Waals surface area contributed by atoms with E-state index in [0.717, 1.165) is 108 Å². The first-order valence-corrected chi connectivity index (χ1v) is 36.3. The summed E-state index contributed by atoms with van der Waals surface area (Å²) in [5, 5.41) is 11.0. The topological polar surface area (TPSA) is 330 Å².